The lowest BCUT2D eigenvalue weighted by atomic mass is 10.4. The number of nitrogens with one attached hydrogen (secondary N) is 3. The van der Waals surface area contributed by atoms with E-state index in [0.717, 1.165) is 19.4 Å². The van der Waals surface area contributed by atoms with Crippen LogP contribution in [0.3, 0.4) is 0 Å². The first-order valence-electron chi connectivity index (χ1n) is 6.83. The first kappa shape index (κ1) is 17.7. The molecule has 0 atom stereocenters. The van der Waals surface area contributed by atoms with Crippen LogP contribution in [0.25, 0.3) is 0 Å². The quantitative estimate of drug-likeness (QED) is 0.144. The van der Waals surface area contributed by atoms with Gasteiger partial charge in [-0.15, -0.1) is 0 Å². The highest BCUT2D eigenvalue weighted by Gasteiger charge is 2.00. The number of hydrogen-bond acceptors (Lipinski definition) is 4. The number of carbonyl (C=O) groups is 1. The Balaban J connectivity index is 3.68. The third kappa shape index (κ3) is 11.5. The average Bonchev–Trinajstić information content (AvgIpc) is 2.42. The van der Waals surface area contributed by atoms with Gasteiger partial charge in [0.15, 0.2) is 0 Å². The molecule has 0 unspecified atom stereocenters. The van der Waals surface area contributed by atoms with Crippen LogP contribution in [0, 0.1) is 0 Å². The summed E-state index contributed by atoms with van der Waals surface area (Å²) in [7, 11) is 0. The molecule has 7 heteroatoms. The Kier molecular flexibility index (Phi) is 12.2. The van der Waals surface area contributed by atoms with E-state index in [2.05, 4.69) is 21.1 Å². The van der Waals surface area contributed by atoms with Gasteiger partial charge in [-0.05, 0) is 19.8 Å². The number of hydrazine groups is 1. The minimum absolute atomic E-state index is 0.0297. The molecule has 112 valence electrons. The molecule has 0 aliphatic rings. The lowest BCUT2D eigenvalue weighted by Crippen LogP contribution is -2.43. The summed E-state index contributed by atoms with van der Waals surface area (Å²) in [5, 5.41) is 5.78. The smallest absolute Gasteiger partial charge is 0.221 e. The summed E-state index contributed by atoms with van der Waals surface area (Å²) in [4.78, 5) is 15.6. The fraction of sp³-hybridized carbons (Fsp3) is 0.833. The van der Waals surface area contributed by atoms with E-state index in [1.165, 1.54) is 0 Å². The molecule has 0 aliphatic heterocycles. The molecule has 19 heavy (non-hydrogen) atoms. The molecule has 0 saturated heterocycles. The summed E-state index contributed by atoms with van der Waals surface area (Å²) in [6, 6.07) is 0. The Morgan fingerprint density at radius 2 is 2.05 bits per heavy atom. The van der Waals surface area contributed by atoms with E-state index >= 15 is 0 Å². The Bertz CT molecular complexity index is 259. The number of rotatable bonds is 10. The van der Waals surface area contributed by atoms with Gasteiger partial charge in [0, 0.05) is 39.3 Å². The van der Waals surface area contributed by atoms with Crippen molar-refractivity contribution in [2.75, 3.05) is 32.8 Å². The Hall–Kier alpha value is -1.34. The third-order valence-electron chi connectivity index (χ3n) is 2.27. The number of nitrogens with zero attached hydrogens (tertiary/aromatic N) is 1. The van der Waals surface area contributed by atoms with Crippen molar-refractivity contribution in [2.24, 2.45) is 10.8 Å². The van der Waals surface area contributed by atoms with Crippen LogP contribution in [0.15, 0.2) is 4.99 Å². The van der Waals surface area contributed by atoms with Crippen LogP contribution >= 0.6 is 0 Å². The lowest BCUT2D eigenvalue weighted by Gasteiger charge is -2.09. The number of carbonyl (C=O) groups excluding carboxylic acids is 1. The van der Waals surface area contributed by atoms with Crippen molar-refractivity contribution < 1.29 is 9.53 Å². The standard InChI is InChI=1S/C12H27N5O2/c1-3-7-14-11(18)6-9-16-12(17-13)15-8-5-10-19-4-2/h3-10,13H2,1-2H3,(H,14,18)(H2,15,16,17). The zero-order valence-corrected chi connectivity index (χ0v) is 12.0. The molecule has 0 bridgehead atoms. The molecule has 0 aliphatic carbocycles. The topological polar surface area (TPSA) is 101 Å². The van der Waals surface area contributed by atoms with Gasteiger partial charge in [0.1, 0.15) is 0 Å². The van der Waals surface area contributed by atoms with Crippen LogP contribution in [-0.4, -0.2) is 44.7 Å². The first-order valence-corrected chi connectivity index (χ1v) is 6.83. The van der Waals surface area contributed by atoms with Gasteiger partial charge in [0.05, 0.1) is 0 Å². The fourth-order valence-corrected chi connectivity index (χ4v) is 1.30. The number of nitrogens with two attached hydrogens (primary N) is 1. The van der Waals surface area contributed by atoms with Gasteiger partial charge in [-0.25, -0.2) is 5.84 Å². The molecule has 0 rings (SSSR count). The minimum atomic E-state index is 0.0297. The van der Waals surface area contributed by atoms with Crippen molar-refractivity contribution in [1.29, 1.82) is 0 Å². The monoisotopic (exact) mass is 273 g/mol. The molecule has 0 fully saturated rings. The summed E-state index contributed by atoms with van der Waals surface area (Å²) in [5.41, 5.74) is 2.48. The van der Waals surface area contributed by atoms with Crippen LogP contribution in [0.5, 0.6) is 0 Å². The highest BCUT2D eigenvalue weighted by atomic mass is 16.5. The van der Waals surface area contributed by atoms with E-state index < -0.39 is 0 Å². The SMILES string of the molecule is CCCNC(=O)CCNC(=NCCCOCC)NN. The van der Waals surface area contributed by atoms with E-state index in [9.17, 15) is 4.79 Å². The summed E-state index contributed by atoms with van der Waals surface area (Å²) >= 11 is 0. The van der Waals surface area contributed by atoms with Gasteiger partial charge in [0.25, 0.3) is 0 Å². The average molecular weight is 273 g/mol. The van der Waals surface area contributed by atoms with Crippen molar-refractivity contribution in [3.63, 3.8) is 0 Å². The van der Waals surface area contributed by atoms with Crippen LogP contribution in [0.1, 0.15) is 33.1 Å². The van der Waals surface area contributed by atoms with Crippen molar-refractivity contribution in [2.45, 2.75) is 33.1 Å². The summed E-state index contributed by atoms with van der Waals surface area (Å²) in [6.07, 6.45) is 2.19. The Morgan fingerprint density at radius 1 is 1.26 bits per heavy atom. The lowest BCUT2D eigenvalue weighted by molar-refractivity contribution is -0.120. The van der Waals surface area contributed by atoms with E-state index in [4.69, 9.17) is 10.6 Å². The summed E-state index contributed by atoms with van der Waals surface area (Å²) in [6.45, 7) is 7.24. The molecule has 0 aromatic carbocycles. The van der Waals surface area contributed by atoms with Gasteiger partial charge in [0.2, 0.25) is 11.9 Å². The molecule has 0 radical (unpaired) electrons. The zero-order chi connectivity index (χ0) is 14.3. The molecule has 0 heterocycles. The maximum Gasteiger partial charge on any atom is 0.221 e. The van der Waals surface area contributed by atoms with Crippen molar-refractivity contribution in [1.82, 2.24) is 16.1 Å². The van der Waals surface area contributed by atoms with E-state index in [-0.39, 0.29) is 5.91 Å². The second-order valence-electron chi connectivity index (χ2n) is 3.95. The van der Waals surface area contributed by atoms with E-state index in [0.29, 0.717) is 38.6 Å². The zero-order valence-electron chi connectivity index (χ0n) is 12.0. The molecule has 1 amide bonds. The molecule has 0 saturated carbocycles. The first-order chi connectivity index (χ1) is 9.24. The predicted octanol–water partition coefficient (Wildman–Crippen LogP) is -0.262. The second kappa shape index (κ2) is 13.1. The molecular weight excluding hydrogens is 246 g/mol. The predicted molar refractivity (Wildman–Crippen MR) is 76.7 cm³/mol. The van der Waals surface area contributed by atoms with Crippen molar-refractivity contribution in [3.8, 4) is 0 Å². The maximum absolute atomic E-state index is 11.3. The Morgan fingerprint density at radius 3 is 2.68 bits per heavy atom. The largest absolute Gasteiger partial charge is 0.382 e. The molecule has 0 aromatic rings. The van der Waals surface area contributed by atoms with Gasteiger partial charge < -0.3 is 15.4 Å². The fourth-order valence-electron chi connectivity index (χ4n) is 1.30. The van der Waals surface area contributed by atoms with Crippen LogP contribution in [0.4, 0.5) is 0 Å². The number of hydrogen-bond donors (Lipinski definition) is 4. The summed E-state index contributed by atoms with van der Waals surface area (Å²) in [5.74, 6) is 5.87. The number of amides is 1. The molecule has 7 nitrogen and oxygen atoms in total. The molecule has 0 aromatic heterocycles. The van der Waals surface area contributed by atoms with E-state index in [1.54, 1.807) is 0 Å². The molecule has 5 N–H and O–H groups in total. The van der Waals surface area contributed by atoms with Crippen LogP contribution in [-0.2, 0) is 9.53 Å². The van der Waals surface area contributed by atoms with Crippen molar-refractivity contribution in [3.05, 3.63) is 0 Å². The molecular formula is C12H27N5O2. The normalized spacial score (nSPS) is 11.2. The Labute approximate surface area is 115 Å². The van der Waals surface area contributed by atoms with Crippen molar-refractivity contribution >= 4 is 11.9 Å². The highest BCUT2D eigenvalue weighted by Crippen LogP contribution is 1.85. The maximum atomic E-state index is 11.3. The van der Waals surface area contributed by atoms with Gasteiger partial charge in [-0.1, -0.05) is 6.92 Å². The van der Waals surface area contributed by atoms with E-state index in [1.807, 2.05) is 13.8 Å². The third-order valence-corrected chi connectivity index (χ3v) is 2.27. The highest BCUT2D eigenvalue weighted by molar-refractivity contribution is 5.80. The minimum Gasteiger partial charge on any atom is -0.382 e. The number of guanidine groups is 1. The number of aliphatic imine (C=N–C) groups is 1. The van der Waals surface area contributed by atoms with Crippen LogP contribution < -0.4 is 21.9 Å². The van der Waals surface area contributed by atoms with Gasteiger partial charge in [-0.3, -0.25) is 15.2 Å². The second-order valence-corrected chi connectivity index (χ2v) is 3.95. The van der Waals surface area contributed by atoms with Gasteiger partial charge >= 0.3 is 0 Å². The van der Waals surface area contributed by atoms with Crippen LogP contribution in [0.2, 0.25) is 0 Å². The van der Waals surface area contributed by atoms with Gasteiger partial charge in [-0.2, -0.15) is 0 Å². The number of ether oxygens (including phenoxy) is 1. The summed E-state index contributed by atoms with van der Waals surface area (Å²) < 4.78 is 5.20. The molecule has 0 spiro atoms.